The molecule has 2 heterocycles. The first-order chi connectivity index (χ1) is 18.3. The average Bonchev–Trinajstić information content (AvgIpc) is 3.46. The van der Waals surface area contributed by atoms with Gasteiger partial charge in [0.1, 0.15) is 6.04 Å². The van der Waals surface area contributed by atoms with Gasteiger partial charge in [-0.1, -0.05) is 30.4 Å². The van der Waals surface area contributed by atoms with Crippen molar-refractivity contribution in [3.05, 3.63) is 83.6 Å². The minimum Gasteiger partial charge on any atom is -0.478 e. The number of amides is 1. The van der Waals surface area contributed by atoms with Gasteiger partial charge in [-0.25, -0.2) is 14.4 Å². The zero-order valence-electron chi connectivity index (χ0n) is 21.0. The van der Waals surface area contributed by atoms with E-state index in [1.54, 1.807) is 26.0 Å². The van der Waals surface area contributed by atoms with Crippen molar-refractivity contribution in [1.82, 2.24) is 4.57 Å². The molecule has 3 aromatic rings. The van der Waals surface area contributed by atoms with Crippen molar-refractivity contribution in [1.29, 1.82) is 0 Å². The summed E-state index contributed by atoms with van der Waals surface area (Å²) in [6, 6.07) is 12.6. The van der Waals surface area contributed by atoms with Gasteiger partial charge in [0, 0.05) is 22.7 Å². The highest BCUT2D eigenvalue weighted by atomic mass is 16.5. The number of para-hydroxylation sites is 1. The number of hydrogen-bond acceptors (Lipinski definition) is 7. The maximum absolute atomic E-state index is 13.2. The SMILES string of the molecule is CCOC(=O)C1=NN(c2ccc(C(=O)O)cc2)C(=O)C1=C/C=C/c1cn(C(C)C(=O)OC)c2ccccc12. The summed E-state index contributed by atoms with van der Waals surface area (Å²) in [5, 5.41) is 15.2. The first-order valence-corrected chi connectivity index (χ1v) is 11.8. The van der Waals surface area contributed by atoms with Crippen LogP contribution < -0.4 is 5.01 Å². The molecule has 38 heavy (non-hydrogen) atoms. The van der Waals surface area contributed by atoms with Crippen molar-refractivity contribution in [2.24, 2.45) is 5.10 Å². The topological polar surface area (TPSA) is 128 Å². The number of carbonyl (C=O) groups excluding carboxylic acids is 3. The molecular weight excluding hydrogens is 490 g/mol. The highest BCUT2D eigenvalue weighted by Gasteiger charge is 2.35. The second-order valence-electron chi connectivity index (χ2n) is 8.29. The Kier molecular flexibility index (Phi) is 7.52. The van der Waals surface area contributed by atoms with Gasteiger partial charge in [0.05, 0.1) is 30.5 Å². The second kappa shape index (κ2) is 11.0. The van der Waals surface area contributed by atoms with Gasteiger partial charge in [-0.3, -0.25) is 4.79 Å². The largest absolute Gasteiger partial charge is 0.478 e. The first kappa shape index (κ1) is 26.1. The lowest BCUT2D eigenvalue weighted by Crippen LogP contribution is -2.22. The summed E-state index contributed by atoms with van der Waals surface area (Å²) in [6.45, 7) is 3.48. The number of aromatic nitrogens is 1. The smallest absolute Gasteiger partial charge is 0.359 e. The van der Waals surface area contributed by atoms with Crippen LogP contribution in [-0.4, -0.2) is 52.9 Å². The number of esters is 2. The molecule has 0 spiro atoms. The fourth-order valence-electron chi connectivity index (χ4n) is 4.05. The zero-order chi connectivity index (χ0) is 27.4. The maximum atomic E-state index is 13.2. The molecular formula is C28H25N3O7. The number of fused-ring (bicyclic) bond motifs is 1. The highest BCUT2D eigenvalue weighted by molar-refractivity contribution is 6.53. The Bertz CT molecular complexity index is 1510. The van der Waals surface area contributed by atoms with Gasteiger partial charge in [0.2, 0.25) is 0 Å². The molecule has 1 N–H and O–H groups in total. The van der Waals surface area contributed by atoms with E-state index < -0.39 is 23.9 Å². The van der Waals surface area contributed by atoms with Crippen LogP contribution in [0.15, 0.2) is 77.6 Å². The monoisotopic (exact) mass is 515 g/mol. The summed E-state index contributed by atoms with van der Waals surface area (Å²) < 4.78 is 11.8. The molecule has 1 amide bonds. The van der Waals surface area contributed by atoms with Crippen LogP contribution in [-0.2, 0) is 23.9 Å². The number of carbonyl (C=O) groups is 4. The van der Waals surface area contributed by atoms with Crippen LogP contribution in [0, 0.1) is 0 Å². The quantitative estimate of drug-likeness (QED) is 0.355. The van der Waals surface area contributed by atoms with Crippen LogP contribution in [0.3, 0.4) is 0 Å². The molecule has 0 bridgehead atoms. The fraction of sp³-hybridized carbons (Fsp3) is 0.179. The lowest BCUT2D eigenvalue weighted by molar-refractivity contribution is -0.144. The Morgan fingerprint density at radius 3 is 2.47 bits per heavy atom. The lowest BCUT2D eigenvalue weighted by Gasteiger charge is -2.12. The van der Waals surface area contributed by atoms with Crippen LogP contribution in [0.5, 0.6) is 0 Å². The van der Waals surface area contributed by atoms with Gasteiger partial charge in [0.15, 0.2) is 5.71 Å². The van der Waals surface area contributed by atoms with Crippen LogP contribution in [0.4, 0.5) is 5.69 Å². The van der Waals surface area contributed by atoms with Crippen molar-refractivity contribution in [2.45, 2.75) is 19.9 Å². The molecule has 1 unspecified atom stereocenters. The number of hydrogen-bond donors (Lipinski definition) is 1. The summed E-state index contributed by atoms with van der Waals surface area (Å²) in [5.74, 6) is -2.81. The highest BCUT2D eigenvalue weighted by Crippen LogP contribution is 2.28. The molecule has 1 aromatic heterocycles. The number of rotatable bonds is 8. The van der Waals surface area contributed by atoms with Crippen molar-refractivity contribution >= 4 is 52.2 Å². The number of hydrazone groups is 1. The van der Waals surface area contributed by atoms with E-state index in [1.165, 1.54) is 37.5 Å². The van der Waals surface area contributed by atoms with E-state index >= 15 is 0 Å². The first-order valence-electron chi connectivity index (χ1n) is 11.8. The van der Waals surface area contributed by atoms with Gasteiger partial charge < -0.3 is 19.1 Å². The Morgan fingerprint density at radius 2 is 1.82 bits per heavy atom. The van der Waals surface area contributed by atoms with E-state index in [0.717, 1.165) is 21.5 Å². The summed E-state index contributed by atoms with van der Waals surface area (Å²) in [4.78, 5) is 49.1. The van der Waals surface area contributed by atoms with Crippen molar-refractivity contribution in [3.8, 4) is 0 Å². The number of aromatic carboxylic acids is 1. The van der Waals surface area contributed by atoms with Gasteiger partial charge in [-0.15, -0.1) is 0 Å². The fourth-order valence-corrected chi connectivity index (χ4v) is 4.05. The Hall–Kier alpha value is -4.99. The maximum Gasteiger partial charge on any atom is 0.359 e. The number of nitrogens with zero attached hydrogens (tertiary/aromatic N) is 3. The van der Waals surface area contributed by atoms with E-state index in [-0.39, 0.29) is 29.4 Å². The van der Waals surface area contributed by atoms with Crippen LogP contribution in [0.1, 0.15) is 35.8 Å². The number of benzene rings is 2. The van der Waals surface area contributed by atoms with Gasteiger partial charge in [-0.2, -0.15) is 10.1 Å². The number of ether oxygens (including phenoxy) is 2. The molecule has 10 heteroatoms. The van der Waals surface area contributed by atoms with E-state index in [2.05, 4.69) is 5.10 Å². The molecule has 0 saturated carbocycles. The third-order valence-electron chi connectivity index (χ3n) is 5.98. The van der Waals surface area contributed by atoms with E-state index in [4.69, 9.17) is 14.6 Å². The lowest BCUT2D eigenvalue weighted by atomic mass is 10.1. The van der Waals surface area contributed by atoms with E-state index in [0.29, 0.717) is 5.69 Å². The average molecular weight is 516 g/mol. The number of allylic oxidation sites excluding steroid dienone is 2. The Balaban J connectivity index is 1.69. The number of carboxylic acids is 1. The summed E-state index contributed by atoms with van der Waals surface area (Å²) >= 11 is 0. The molecule has 0 fully saturated rings. The minimum atomic E-state index is -1.10. The second-order valence-corrected chi connectivity index (χ2v) is 8.29. The summed E-state index contributed by atoms with van der Waals surface area (Å²) in [6.07, 6.45) is 6.66. The van der Waals surface area contributed by atoms with Gasteiger partial charge in [0.25, 0.3) is 5.91 Å². The van der Waals surface area contributed by atoms with E-state index in [9.17, 15) is 19.2 Å². The molecule has 0 aliphatic carbocycles. The van der Waals surface area contributed by atoms with Gasteiger partial charge in [-0.05, 0) is 50.3 Å². The van der Waals surface area contributed by atoms with Crippen LogP contribution in [0.2, 0.25) is 0 Å². The number of carboxylic acid groups (broad SMARTS) is 1. The molecule has 10 nitrogen and oxygen atoms in total. The molecule has 0 saturated heterocycles. The van der Waals surface area contributed by atoms with Crippen LogP contribution >= 0.6 is 0 Å². The normalized spacial score (nSPS) is 15.2. The van der Waals surface area contributed by atoms with Crippen LogP contribution in [0.25, 0.3) is 17.0 Å². The molecule has 1 aliphatic rings. The predicted molar refractivity (Wildman–Crippen MR) is 141 cm³/mol. The predicted octanol–water partition coefficient (Wildman–Crippen LogP) is 3.98. The summed E-state index contributed by atoms with van der Waals surface area (Å²) in [5.41, 5.74) is 1.83. The van der Waals surface area contributed by atoms with Crippen molar-refractivity contribution in [2.75, 3.05) is 18.7 Å². The Labute approximate surface area is 218 Å². The minimum absolute atomic E-state index is 0.0219. The number of anilines is 1. The number of methoxy groups -OCH3 is 1. The molecule has 4 rings (SSSR count). The Morgan fingerprint density at radius 1 is 1.11 bits per heavy atom. The van der Waals surface area contributed by atoms with Gasteiger partial charge >= 0.3 is 17.9 Å². The molecule has 0 radical (unpaired) electrons. The molecule has 1 atom stereocenters. The zero-order valence-corrected chi connectivity index (χ0v) is 21.0. The molecule has 2 aromatic carbocycles. The standard InChI is InChI=1S/C28H25N3O7/c1-4-38-28(36)24-22(25(32)31(29-24)20-14-12-18(13-15-20)26(33)34)10-7-8-19-16-30(17(2)27(35)37-3)23-11-6-5-9-21(19)23/h5-17H,4H2,1-3H3,(H,33,34)/b8-7+,22-10?. The van der Waals surface area contributed by atoms with E-state index in [1.807, 2.05) is 35.0 Å². The third kappa shape index (κ3) is 4.96. The van der Waals surface area contributed by atoms with Crippen molar-refractivity contribution < 1.29 is 33.8 Å². The third-order valence-corrected chi connectivity index (χ3v) is 5.98. The van der Waals surface area contributed by atoms with Crippen molar-refractivity contribution in [3.63, 3.8) is 0 Å². The summed E-state index contributed by atoms with van der Waals surface area (Å²) in [7, 11) is 1.34. The molecule has 1 aliphatic heterocycles. The molecule has 194 valence electrons.